The van der Waals surface area contributed by atoms with Crippen molar-refractivity contribution >= 4 is 0 Å². The molecule has 0 aromatic heterocycles. The van der Waals surface area contributed by atoms with E-state index in [4.69, 9.17) is 9.47 Å². The second-order valence-electron chi connectivity index (χ2n) is 5.43. The topological polar surface area (TPSA) is 30.5 Å². The minimum Gasteiger partial charge on any atom is -0.381 e. The van der Waals surface area contributed by atoms with Crippen LogP contribution >= 0.6 is 0 Å². The zero-order valence-corrected chi connectivity index (χ0v) is 11.1. The summed E-state index contributed by atoms with van der Waals surface area (Å²) in [5.41, 5.74) is 0. The predicted molar refractivity (Wildman–Crippen MR) is 69.2 cm³/mol. The summed E-state index contributed by atoms with van der Waals surface area (Å²) in [5, 5.41) is 3.68. The summed E-state index contributed by atoms with van der Waals surface area (Å²) in [7, 11) is 0. The van der Waals surface area contributed by atoms with Crippen LogP contribution in [0, 0.1) is 11.8 Å². The highest BCUT2D eigenvalue weighted by Crippen LogP contribution is 2.26. The summed E-state index contributed by atoms with van der Waals surface area (Å²) in [5.74, 6) is 1.58. The SMILES string of the molecule is CCNC(CC1CCOCC1)C1CCCOC1. The van der Waals surface area contributed by atoms with Crippen molar-refractivity contribution in [2.75, 3.05) is 33.0 Å². The molecule has 3 heteroatoms. The molecular formula is C14H27NO2. The number of hydrogen-bond acceptors (Lipinski definition) is 3. The monoisotopic (exact) mass is 241 g/mol. The zero-order valence-electron chi connectivity index (χ0n) is 11.1. The maximum Gasteiger partial charge on any atom is 0.0509 e. The Hall–Kier alpha value is -0.120. The van der Waals surface area contributed by atoms with E-state index in [9.17, 15) is 0 Å². The fourth-order valence-corrected chi connectivity index (χ4v) is 3.13. The first-order valence-electron chi connectivity index (χ1n) is 7.29. The van der Waals surface area contributed by atoms with Crippen LogP contribution in [0.15, 0.2) is 0 Å². The molecular weight excluding hydrogens is 214 g/mol. The van der Waals surface area contributed by atoms with Crippen LogP contribution in [-0.4, -0.2) is 39.0 Å². The Labute approximate surface area is 105 Å². The maximum absolute atomic E-state index is 5.63. The van der Waals surface area contributed by atoms with Gasteiger partial charge in [0.15, 0.2) is 0 Å². The molecule has 2 unspecified atom stereocenters. The average molecular weight is 241 g/mol. The molecule has 0 aromatic carbocycles. The fourth-order valence-electron chi connectivity index (χ4n) is 3.13. The van der Waals surface area contributed by atoms with Crippen LogP contribution in [0.1, 0.15) is 39.0 Å². The van der Waals surface area contributed by atoms with Gasteiger partial charge in [0, 0.05) is 25.9 Å². The van der Waals surface area contributed by atoms with E-state index in [1.807, 2.05) is 0 Å². The van der Waals surface area contributed by atoms with E-state index < -0.39 is 0 Å². The van der Waals surface area contributed by atoms with Gasteiger partial charge in [0.1, 0.15) is 0 Å². The minimum atomic E-state index is 0.656. The summed E-state index contributed by atoms with van der Waals surface area (Å²) in [6.07, 6.45) is 6.37. The van der Waals surface area contributed by atoms with Crippen molar-refractivity contribution in [3.05, 3.63) is 0 Å². The third-order valence-electron chi connectivity index (χ3n) is 4.16. The summed E-state index contributed by atoms with van der Waals surface area (Å²) in [4.78, 5) is 0. The second-order valence-corrected chi connectivity index (χ2v) is 5.43. The van der Waals surface area contributed by atoms with E-state index in [1.54, 1.807) is 0 Å². The van der Waals surface area contributed by atoms with Crippen molar-refractivity contribution in [3.63, 3.8) is 0 Å². The molecule has 1 N–H and O–H groups in total. The maximum atomic E-state index is 5.63. The average Bonchev–Trinajstić information content (AvgIpc) is 2.40. The minimum absolute atomic E-state index is 0.656. The van der Waals surface area contributed by atoms with E-state index in [2.05, 4.69) is 12.2 Å². The van der Waals surface area contributed by atoms with Crippen LogP contribution in [-0.2, 0) is 9.47 Å². The summed E-state index contributed by atoms with van der Waals surface area (Å²) in [6, 6.07) is 0.656. The van der Waals surface area contributed by atoms with Gasteiger partial charge in [-0.1, -0.05) is 6.92 Å². The Morgan fingerprint density at radius 1 is 1.12 bits per heavy atom. The summed E-state index contributed by atoms with van der Waals surface area (Å²) >= 11 is 0. The molecule has 3 nitrogen and oxygen atoms in total. The Balaban J connectivity index is 1.81. The van der Waals surface area contributed by atoms with Crippen LogP contribution in [0.2, 0.25) is 0 Å². The lowest BCUT2D eigenvalue weighted by atomic mass is 9.84. The first-order valence-corrected chi connectivity index (χ1v) is 7.29. The fraction of sp³-hybridized carbons (Fsp3) is 1.00. The van der Waals surface area contributed by atoms with Gasteiger partial charge in [0.05, 0.1) is 6.61 Å². The summed E-state index contributed by atoms with van der Waals surface area (Å²) < 4.78 is 11.1. The zero-order chi connectivity index (χ0) is 11.9. The van der Waals surface area contributed by atoms with Gasteiger partial charge in [-0.05, 0) is 50.5 Å². The van der Waals surface area contributed by atoms with E-state index in [0.29, 0.717) is 6.04 Å². The Morgan fingerprint density at radius 3 is 2.59 bits per heavy atom. The first kappa shape index (κ1) is 13.3. The van der Waals surface area contributed by atoms with Crippen LogP contribution in [0.4, 0.5) is 0 Å². The normalized spacial score (nSPS) is 29.1. The highest BCUT2D eigenvalue weighted by Gasteiger charge is 2.27. The quantitative estimate of drug-likeness (QED) is 0.800. The Kier molecular flexibility index (Phi) is 5.75. The molecule has 0 radical (unpaired) electrons. The standard InChI is InChI=1S/C14H27NO2/c1-2-15-14(13-4-3-7-17-11-13)10-12-5-8-16-9-6-12/h12-15H,2-11H2,1H3. The largest absolute Gasteiger partial charge is 0.381 e. The number of rotatable bonds is 5. The number of nitrogens with one attached hydrogen (secondary N) is 1. The van der Waals surface area contributed by atoms with Gasteiger partial charge < -0.3 is 14.8 Å². The molecule has 0 aliphatic carbocycles. The molecule has 2 aliphatic rings. The van der Waals surface area contributed by atoms with Gasteiger partial charge in [0.2, 0.25) is 0 Å². The van der Waals surface area contributed by atoms with Gasteiger partial charge >= 0.3 is 0 Å². The van der Waals surface area contributed by atoms with Crippen LogP contribution < -0.4 is 5.32 Å². The lowest BCUT2D eigenvalue weighted by Crippen LogP contribution is -2.42. The highest BCUT2D eigenvalue weighted by atomic mass is 16.5. The third-order valence-corrected chi connectivity index (χ3v) is 4.16. The molecule has 2 heterocycles. The molecule has 0 bridgehead atoms. The van der Waals surface area contributed by atoms with E-state index in [0.717, 1.165) is 44.8 Å². The van der Waals surface area contributed by atoms with Crippen molar-refractivity contribution < 1.29 is 9.47 Å². The Bertz CT molecular complexity index is 198. The van der Waals surface area contributed by atoms with Gasteiger partial charge in [-0.3, -0.25) is 0 Å². The van der Waals surface area contributed by atoms with Crippen molar-refractivity contribution in [1.82, 2.24) is 5.32 Å². The van der Waals surface area contributed by atoms with Crippen LogP contribution in [0.5, 0.6) is 0 Å². The van der Waals surface area contributed by atoms with Crippen molar-refractivity contribution in [2.24, 2.45) is 11.8 Å². The van der Waals surface area contributed by atoms with Crippen molar-refractivity contribution in [1.29, 1.82) is 0 Å². The molecule has 0 saturated carbocycles. The van der Waals surface area contributed by atoms with E-state index in [-0.39, 0.29) is 0 Å². The molecule has 0 spiro atoms. The predicted octanol–water partition coefficient (Wildman–Crippen LogP) is 2.21. The third kappa shape index (κ3) is 4.23. The van der Waals surface area contributed by atoms with E-state index in [1.165, 1.54) is 32.1 Å². The molecule has 2 fully saturated rings. The van der Waals surface area contributed by atoms with Crippen molar-refractivity contribution in [3.8, 4) is 0 Å². The number of ether oxygens (including phenoxy) is 2. The smallest absolute Gasteiger partial charge is 0.0509 e. The van der Waals surface area contributed by atoms with E-state index >= 15 is 0 Å². The lowest BCUT2D eigenvalue weighted by molar-refractivity contribution is 0.0243. The molecule has 100 valence electrons. The highest BCUT2D eigenvalue weighted by molar-refractivity contribution is 4.81. The van der Waals surface area contributed by atoms with Gasteiger partial charge in [-0.2, -0.15) is 0 Å². The van der Waals surface area contributed by atoms with Crippen LogP contribution in [0.3, 0.4) is 0 Å². The molecule has 2 saturated heterocycles. The van der Waals surface area contributed by atoms with Crippen LogP contribution in [0.25, 0.3) is 0 Å². The van der Waals surface area contributed by atoms with Crippen molar-refractivity contribution in [2.45, 2.75) is 45.1 Å². The Morgan fingerprint density at radius 2 is 1.94 bits per heavy atom. The van der Waals surface area contributed by atoms with Gasteiger partial charge in [-0.25, -0.2) is 0 Å². The molecule has 2 aliphatic heterocycles. The molecule has 17 heavy (non-hydrogen) atoms. The second kappa shape index (κ2) is 7.34. The first-order chi connectivity index (χ1) is 8.40. The van der Waals surface area contributed by atoms with Gasteiger partial charge in [-0.15, -0.1) is 0 Å². The lowest BCUT2D eigenvalue weighted by Gasteiger charge is -2.34. The molecule has 2 rings (SSSR count). The number of hydrogen-bond donors (Lipinski definition) is 1. The molecule has 2 atom stereocenters. The molecule has 0 aromatic rings. The summed E-state index contributed by atoms with van der Waals surface area (Å²) in [6.45, 7) is 7.13. The van der Waals surface area contributed by atoms with Gasteiger partial charge in [0.25, 0.3) is 0 Å². The molecule has 0 amide bonds.